The molecule has 47 heavy (non-hydrogen) atoms. The Kier molecular flexibility index (Phi) is 14.7. The molecule has 2 aromatic carbocycles. The summed E-state index contributed by atoms with van der Waals surface area (Å²) in [4.78, 5) is 39.8. The van der Waals surface area contributed by atoms with E-state index in [1.165, 1.54) is 0 Å². The van der Waals surface area contributed by atoms with Gasteiger partial charge in [0.1, 0.15) is 22.7 Å². The minimum atomic E-state index is -2.30. The standard InChI is InChI=1S/C38H59NO7Si/c1-26(2)47(27(3)4,28(5)6)46-32-18-19-33(39-36(42)45-38(10,11)12)31(22-32)23-34(40)30(24-35(41)44-37(7,8)9)20-21-43-25-29-16-14-13-15-17-29/h13-19,22,26-28,30H,20-21,23-25H2,1-12H3,(H,39,42)/t30-/m1/s1. The third kappa shape index (κ3) is 13.1. The van der Waals surface area contributed by atoms with Crippen LogP contribution in [0.25, 0.3) is 0 Å². The van der Waals surface area contributed by atoms with Crippen molar-refractivity contribution in [3.8, 4) is 5.75 Å². The number of hydrogen-bond acceptors (Lipinski definition) is 7. The van der Waals surface area contributed by atoms with Gasteiger partial charge in [-0.2, -0.15) is 0 Å². The number of carbonyl (C=O) groups excluding carboxylic acids is 3. The van der Waals surface area contributed by atoms with Crippen LogP contribution in [0.5, 0.6) is 5.75 Å². The van der Waals surface area contributed by atoms with Crippen LogP contribution >= 0.6 is 0 Å². The van der Waals surface area contributed by atoms with Gasteiger partial charge in [-0.25, -0.2) is 4.79 Å². The Morgan fingerprint density at radius 3 is 1.89 bits per heavy atom. The van der Waals surface area contributed by atoms with Gasteiger partial charge in [0.25, 0.3) is 8.32 Å². The maximum absolute atomic E-state index is 14.0. The Balaban J connectivity index is 2.43. The first-order valence-corrected chi connectivity index (χ1v) is 19.1. The molecule has 0 heterocycles. The Labute approximate surface area is 284 Å². The first-order valence-electron chi connectivity index (χ1n) is 16.9. The highest BCUT2D eigenvalue weighted by Gasteiger charge is 2.47. The third-order valence-corrected chi connectivity index (χ3v) is 14.1. The smallest absolute Gasteiger partial charge is 0.412 e. The number of nitrogens with one attached hydrogen (secondary N) is 1. The lowest BCUT2D eigenvalue weighted by molar-refractivity contribution is -0.157. The molecular weight excluding hydrogens is 611 g/mol. The highest BCUT2D eigenvalue weighted by molar-refractivity contribution is 6.78. The topological polar surface area (TPSA) is 100 Å². The summed E-state index contributed by atoms with van der Waals surface area (Å²) in [6.07, 6.45) is -0.358. The van der Waals surface area contributed by atoms with Gasteiger partial charge in [0.15, 0.2) is 0 Å². The summed E-state index contributed by atoms with van der Waals surface area (Å²) in [6, 6.07) is 15.3. The Bertz CT molecular complexity index is 1290. The van der Waals surface area contributed by atoms with E-state index in [9.17, 15) is 14.4 Å². The quantitative estimate of drug-likeness (QED) is 0.108. The lowest BCUT2D eigenvalue weighted by Gasteiger charge is -2.42. The van der Waals surface area contributed by atoms with E-state index in [2.05, 4.69) is 46.9 Å². The highest BCUT2D eigenvalue weighted by atomic mass is 28.4. The van der Waals surface area contributed by atoms with Gasteiger partial charge in [-0.1, -0.05) is 71.9 Å². The molecule has 1 amide bonds. The normalized spacial score (nSPS) is 13.1. The van der Waals surface area contributed by atoms with Crippen molar-refractivity contribution in [3.05, 3.63) is 59.7 Å². The van der Waals surface area contributed by atoms with Crippen molar-refractivity contribution in [2.24, 2.45) is 5.92 Å². The average molecular weight is 670 g/mol. The molecule has 0 spiro atoms. The summed E-state index contributed by atoms with van der Waals surface area (Å²) in [6.45, 7) is 24.8. The second kappa shape index (κ2) is 17.3. The monoisotopic (exact) mass is 669 g/mol. The lowest BCUT2D eigenvalue weighted by Crippen LogP contribution is -2.50. The van der Waals surface area contributed by atoms with Gasteiger partial charge in [-0.3, -0.25) is 14.9 Å². The van der Waals surface area contributed by atoms with Crippen LogP contribution in [0.3, 0.4) is 0 Å². The predicted octanol–water partition coefficient (Wildman–Crippen LogP) is 9.65. The van der Waals surface area contributed by atoms with E-state index in [1.807, 2.05) is 42.5 Å². The van der Waals surface area contributed by atoms with Gasteiger partial charge in [0.2, 0.25) is 0 Å². The SMILES string of the molecule is CC(C)[Si](Oc1ccc(NC(=O)OC(C)(C)C)c(CC(=O)[C@H](CCOCc2ccccc2)CC(=O)OC(C)(C)C)c1)(C(C)C)C(C)C. The molecule has 0 aliphatic heterocycles. The lowest BCUT2D eigenvalue weighted by atomic mass is 9.91. The van der Waals surface area contributed by atoms with Crippen LogP contribution in [0.2, 0.25) is 16.6 Å². The number of Topliss-reactive ketones (excluding diaryl/α,β-unsaturated/α-hetero) is 1. The molecule has 0 radical (unpaired) electrons. The third-order valence-electron chi connectivity index (χ3n) is 8.09. The number of ketones is 1. The van der Waals surface area contributed by atoms with Crippen LogP contribution < -0.4 is 9.74 Å². The zero-order valence-corrected chi connectivity index (χ0v) is 31.8. The summed E-state index contributed by atoms with van der Waals surface area (Å²) in [5, 5.41) is 2.84. The van der Waals surface area contributed by atoms with Crippen LogP contribution in [0.1, 0.15) is 107 Å². The molecule has 0 aromatic heterocycles. The van der Waals surface area contributed by atoms with Crippen molar-refractivity contribution in [1.29, 1.82) is 0 Å². The van der Waals surface area contributed by atoms with Gasteiger partial charge < -0.3 is 18.6 Å². The van der Waals surface area contributed by atoms with Crippen LogP contribution in [0, 0.1) is 5.92 Å². The number of anilines is 1. The summed E-state index contributed by atoms with van der Waals surface area (Å²) >= 11 is 0. The number of amides is 1. The molecule has 0 fully saturated rings. The summed E-state index contributed by atoms with van der Waals surface area (Å²) in [5.74, 6) is -0.566. The van der Waals surface area contributed by atoms with Crippen molar-refractivity contribution in [1.82, 2.24) is 0 Å². The molecule has 0 aliphatic carbocycles. The van der Waals surface area contributed by atoms with E-state index in [-0.39, 0.29) is 18.6 Å². The molecule has 262 valence electrons. The zero-order chi connectivity index (χ0) is 35.6. The molecule has 0 saturated heterocycles. The van der Waals surface area contributed by atoms with Crippen LogP contribution in [-0.4, -0.2) is 44.0 Å². The van der Waals surface area contributed by atoms with Crippen molar-refractivity contribution < 1.29 is 33.0 Å². The molecule has 0 unspecified atom stereocenters. The second-order valence-electron chi connectivity index (χ2n) is 15.3. The fourth-order valence-electron chi connectivity index (χ4n) is 6.16. The fraction of sp³-hybridized carbons (Fsp3) is 0.605. The molecule has 0 bridgehead atoms. The molecule has 0 saturated carbocycles. The van der Waals surface area contributed by atoms with E-state index < -0.39 is 37.5 Å². The van der Waals surface area contributed by atoms with Gasteiger partial charge >= 0.3 is 12.1 Å². The maximum Gasteiger partial charge on any atom is 0.412 e. The van der Waals surface area contributed by atoms with Crippen LogP contribution in [-0.2, 0) is 36.8 Å². The zero-order valence-electron chi connectivity index (χ0n) is 30.8. The van der Waals surface area contributed by atoms with E-state index in [0.717, 1.165) is 5.56 Å². The minimum absolute atomic E-state index is 0.0198. The Morgan fingerprint density at radius 1 is 0.787 bits per heavy atom. The molecular formula is C38H59NO7Si. The summed E-state index contributed by atoms with van der Waals surface area (Å²) in [7, 11) is -2.30. The highest BCUT2D eigenvalue weighted by Crippen LogP contribution is 2.43. The van der Waals surface area contributed by atoms with Crippen molar-refractivity contribution in [3.63, 3.8) is 0 Å². The summed E-state index contributed by atoms with van der Waals surface area (Å²) in [5.41, 5.74) is 1.76. The fourth-order valence-corrected chi connectivity index (χ4v) is 11.4. The molecule has 0 aliphatic rings. The maximum atomic E-state index is 14.0. The van der Waals surface area contributed by atoms with Crippen molar-refractivity contribution >= 4 is 31.9 Å². The first kappa shape index (κ1) is 40.0. The minimum Gasteiger partial charge on any atom is -0.543 e. The molecule has 2 rings (SSSR count). The molecule has 9 heteroatoms. The molecule has 8 nitrogen and oxygen atoms in total. The van der Waals surface area contributed by atoms with E-state index in [1.54, 1.807) is 47.6 Å². The molecule has 1 atom stereocenters. The number of carbonyl (C=O) groups is 3. The Morgan fingerprint density at radius 2 is 1.36 bits per heavy atom. The first-order chi connectivity index (χ1) is 21.7. The van der Waals surface area contributed by atoms with Gasteiger partial charge in [-0.05, 0) is 93.9 Å². The van der Waals surface area contributed by atoms with E-state index >= 15 is 0 Å². The second-order valence-corrected chi connectivity index (χ2v) is 20.7. The Hall–Kier alpha value is -3.17. The van der Waals surface area contributed by atoms with Crippen molar-refractivity contribution in [2.75, 3.05) is 11.9 Å². The largest absolute Gasteiger partial charge is 0.543 e. The summed E-state index contributed by atoms with van der Waals surface area (Å²) < 4.78 is 23.9. The number of ether oxygens (including phenoxy) is 3. The number of benzene rings is 2. The van der Waals surface area contributed by atoms with E-state index in [0.29, 0.717) is 53.3 Å². The number of hydrogen-bond donors (Lipinski definition) is 1. The van der Waals surface area contributed by atoms with Gasteiger partial charge in [0, 0.05) is 24.6 Å². The van der Waals surface area contributed by atoms with E-state index in [4.69, 9.17) is 18.6 Å². The predicted molar refractivity (Wildman–Crippen MR) is 191 cm³/mol. The van der Waals surface area contributed by atoms with Crippen molar-refractivity contribution in [2.45, 2.75) is 137 Å². The average Bonchev–Trinajstić information content (AvgIpc) is 2.92. The number of rotatable bonds is 16. The number of esters is 1. The van der Waals surface area contributed by atoms with Crippen LogP contribution in [0.4, 0.5) is 10.5 Å². The van der Waals surface area contributed by atoms with Gasteiger partial charge in [-0.15, -0.1) is 0 Å². The van der Waals surface area contributed by atoms with Gasteiger partial charge in [0.05, 0.1) is 13.0 Å². The van der Waals surface area contributed by atoms with Crippen LogP contribution in [0.15, 0.2) is 48.5 Å². The molecule has 1 N–H and O–H groups in total. The molecule has 2 aromatic rings.